The van der Waals surface area contributed by atoms with Gasteiger partial charge in [0, 0.05) is 38.9 Å². The molecule has 236 valence electrons. The van der Waals surface area contributed by atoms with Crippen LogP contribution in [0.4, 0.5) is 0 Å². The summed E-state index contributed by atoms with van der Waals surface area (Å²) in [6.45, 7) is 0.997. The fourth-order valence-electron chi connectivity index (χ4n) is 5.35. The zero-order valence-electron chi connectivity index (χ0n) is 25.3. The van der Waals surface area contributed by atoms with Gasteiger partial charge >= 0.3 is 11.9 Å². The number of carboxylic acid groups (broad SMARTS) is 2. The third kappa shape index (κ3) is 18.4. The molecule has 1 aliphatic rings. The Bertz CT molecular complexity index is 782. The monoisotopic (exact) mass is 581 g/mol. The highest BCUT2D eigenvalue weighted by atomic mass is 16.4. The number of amides is 3. The van der Waals surface area contributed by atoms with Crippen LogP contribution < -0.4 is 10.6 Å². The quantitative estimate of drug-likeness (QED) is 0.117. The molecule has 1 aliphatic heterocycles. The first kappa shape index (κ1) is 36.4. The van der Waals surface area contributed by atoms with Crippen molar-refractivity contribution >= 4 is 29.7 Å². The minimum absolute atomic E-state index is 0.130. The number of unbranched alkanes of at least 4 members (excludes halogenated alkanes) is 15. The summed E-state index contributed by atoms with van der Waals surface area (Å²) in [6.07, 6.45) is 20.4. The lowest BCUT2D eigenvalue weighted by molar-refractivity contribution is -0.144. The van der Waals surface area contributed by atoms with E-state index in [0.29, 0.717) is 38.8 Å². The number of nitrogens with zero attached hydrogens (tertiary/aromatic N) is 1. The molecule has 0 saturated carbocycles. The molecule has 1 atom stereocenters. The van der Waals surface area contributed by atoms with E-state index in [1.807, 2.05) is 4.90 Å². The molecule has 0 aliphatic carbocycles. The van der Waals surface area contributed by atoms with Gasteiger partial charge in [0.15, 0.2) is 0 Å². The smallest absolute Gasteiger partial charge is 0.326 e. The van der Waals surface area contributed by atoms with E-state index in [1.54, 1.807) is 0 Å². The van der Waals surface area contributed by atoms with E-state index in [1.165, 1.54) is 71.3 Å². The molecule has 0 aromatic carbocycles. The largest absolute Gasteiger partial charge is 0.481 e. The fourth-order valence-corrected chi connectivity index (χ4v) is 5.35. The molecule has 3 amide bonds. The first-order valence-electron chi connectivity index (χ1n) is 16.0. The lowest BCUT2D eigenvalue weighted by atomic mass is 9.95. The first-order valence-corrected chi connectivity index (χ1v) is 16.0. The predicted molar refractivity (Wildman–Crippen MR) is 158 cm³/mol. The average molecular weight is 582 g/mol. The molecule has 1 rings (SSSR count). The number of piperidine rings is 1. The molecule has 0 spiro atoms. The van der Waals surface area contributed by atoms with Gasteiger partial charge in [-0.3, -0.25) is 19.2 Å². The number of aliphatic carboxylic acids is 2. The molecular weight excluding hydrogens is 526 g/mol. The van der Waals surface area contributed by atoms with Crippen molar-refractivity contribution in [3.05, 3.63) is 0 Å². The molecule has 10 heteroatoms. The van der Waals surface area contributed by atoms with Crippen LogP contribution in [0.2, 0.25) is 0 Å². The van der Waals surface area contributed by atoms with Gasteiger partial charge < -0.3 is 25.7 Å². The molecule has 41 heavy (non-hydrogen) atoms. The molecule has 1 fully saturated rings. The standard InChI is InChI=1S/C31H55N3O7/c1-32-27(35)24-26(31(40)41)33-30(39)25-20-22-34(23-21-25)28(36)18-16-14-12-10-8-6-4-2-3-5-7-9-11-13-15-17-19-29(37)38/h25-26H,2-24H2,1H3,(H,32,35)(H,33,39)(H,37,38)(H,40,41). The van der Waals surface area contributed by atoms with Gasteiger partial charge in [0.05, 0.1) is 6.42 Å². The Morgan fingerprint density at radius 1 is 0.683 bits per heavy atom. The summed E-state index contributed by atoms with van der Waals surface area (Å²) in [5.41, 5.74) is 0. The second-order valence-electron chi connectivity index (χ2n) is 11.5. The Hall–Kier alpha value is -2.65. The van der Waals surface area contributed by atoms with Crippen LogP contribution in [0.5, 0.6) is 0 Å². The van der Waals surface area contributed by atoms with Crippen LogP contribution in [0.25, 0.3) is 0 Å². The number of carbonyl (C=O) groups excluding carboxylic acids is 3. The van der Waals surface area contributed by atoms with Crippen LogP contribution in [-0.4, -0.2) is 71.0 Å². The minimum Gasteiger partial charge on any atom is -0.481 e. The number of carboxylic acids is 2. The Morgan fingerprint density at radius 3 is 1.49 bits per heavy atom. The number of carbonyl (C=O) groups is 5. The zero-order valence-corrected chi connectivity index (χ0v) is 25.3. The number of hydrogen-bond acceptors (Lipinski definition) is 5. The number of rotatable bonds is 24. The van der Waals surface area contributed by atoms with Crippen molar-refractivity contribution in [2.75, 3.05) is 20.1 Å². The molecule has 10 nitrogen and oxygen atoms in total. The van der Waals surface area contributed by atoms with Gasteiger partial charge in [-0.25, -0.2) is 4.79 Å². The van der Waals surface area contributed by atoms with E-state index in [9.17, 15) is 29.1 Å². The van der Waals surface area contributed by atoms with Crippen molar-refractivity contribution < 1.29 is 34.2 Å². The van der Waals surface area contributed by atoms with E-state index in [2.05, 4.69) is 10.6 Å². The number of hydrogen-bond donors (Lipinski definition) is 4. The van der Waals surface area contributed by atoms with Gasteiger partial charge in [0.25, 0.3) is 0 Å². The molecule has 0 aromatic rings. The highest BCUT2D eigenvalue weighted by molar-refractivity contribution is 5.89. The van der Waals surface area contributed by atoms with E-state index < -0.39 is 23.9 Å². The SMILES string of the molecule is CNC(=O)CC(NC(=O)C1CCN(C(=O)CCCCCCCCCCCCCCCCCCC(=O)O)CC1)C(=O)O. The normalized spacial score (nSPS) is 14.4. The Labute approximate surface area is 246 Å². The van der Waals surface area contributed by atoms with Crippen LogP contribution >= 0.6 is 0 Å². The Morgan fingerprint density at radius 2 is 1.10 bits per heavy atom. The second-order valence-corrected chi connectivity index (χ2v) is 11.5. The third-order valence-corrected chi connectivity index (χ3v) is 8.03. The number of likely N-dealkylation sites (tertiary alicyclic amines) is 1. The average Bonchev–Trinajstić information content (AvgIpc) is 2.95. The van der Waals surface area contributed by atoms with Crippen molar-refractivity contribution in [2.45, 2.75) is 141 Å². The molecule has 0 radical (unpaired) electrons. The summed E-state index contributed by atoms with van der Waals surface area (Å²) in [7, 11) is 1.42. The van der Waals surface area contributed by atoms with Gasteiger partial charge in [0.1, 0.15) is 6.04 Å². The summed E-state index contributed by atoms with van der Waals surface area (Å²) in [4.78, 5) is 60.2. The van der Waals surface area contributed by atoms with Crippen molar-refractivity contribution in [1.29, 1.82) is 0 Å². The Kier molecular flexibility index (Phi) is 20.4. The Balaban J connectivity index is 1.97. The third-order valence-electron chi connectivity index (χ3n) is 8.03. The summed E-state index contributed by atoms with van der Waals surface area (Å²) >= 11 is 0. The zero-order chi connectivity index (χ0) is 30.3. The van der Waals surface area contributed by atoms with Crippen molar-refractivity contribution in [1.82, 2.24) is 15.5 Å². The van der Waals surface area contributed by atoms with E-state index in [0.717, 1.165) is 38.5 Å². The summed E-state index contributed by atoms with van der Waals surface area (Å²) in [5.74, 6) is -2.96. The molecule has 4 N–H and O–H groups in total. The highest BCUT2D eigenvalue weighted by Gasteiger charge is 2.30. The summed E-state index contributed by atoms with van der Waals surface area (Å²) < 4.78 is 0. The van der Waals surface area contributed by atoms with Crippen molar-refractivity contribution in [3.8, 4) is 0 Å². The van der Waals surface area contributed by atoms with Crippen LogP contribution in [0, 0.1) is 5.92 Å². The van der Waals surface area contributed by atoms with Gasteiger partial charge in [-0.15, -0.1) is 0 Å². The molecule has 1 unspecified atom stereocenters. The molecular formula is C31H55N3O7. The first-order chi connectivity index (χ1) is 19.7. The molecule has 0 aromatic heterocycles. The maximum Gasteiger partial charge on any atom is 0.326 e. The maximum absolute atomic E-state index is 12.6. The minimum atomic E-state index is -1.25. The second kappa shape index (κ2) is 23.0. The van der Waals surface area contributed by atoms with Crippen LogP contribution in [0.15, 0.2) is 0 Å². The number of nitrogens with one attached hydrogen (secondary N) is 2. The lowest BCUT2D eigenvalue weighted by Gasteiger charge is -2.32. The highest BCUT2D eigenvalue weighted by Crippen LogP contribution is 2.20. The van der Waals surface area contributed by atoms with Crippen LogP contribution in [0.3, 0.4) is 0 Å². The van der Waals surface area contributed by atoms with Crippen LogP contribution in [-0.2, 0) is 24.0 Å². The van der Waals surface area contributed by atoms with Gasteiger partial charge in [0.2, 0.25) is 17.7 Å². The maximum atomic E-state index is 12.6. The van der Waals surface area contributed by atoms with Gasteiger partial charge in [-0.05, 0) is 25.7 Å². The summed E-state index contributed by atoms with van der Waals surface area (Å²) in [6, 6.07) is -1.25. The predicted octanol–water partition coefficient (Wildman–Crippen LogP) is 5.04. The summed E-state index contributed by atoms with van der Waals surface area (Å²) in [5, 5.41) is 22.7. The molecule has 1 saturated heterocycles. The van der Waals surface area contributed by atoms with Crippen LogP contribution in [0.1, 0.15) is 135 Å². The fraction of sp³-hybridized carbons (Fsp3) is 0.839. The van der Waals surface area contributed by atoms with Gasteiger partial charge in [-0.2, -0.15) is 0 Å². The van der Waals surface area contributed by atoms with E-state index in [-0.39, 0.29) is 24.2 Å². The lowest BCUT2D eigenvalue weighted by Crippen LogP contribution is -2.48. The van der Waals surface area contributed by atoms with Crippen molar-refractivity contribution in [2.24, 2.45) is 5.92 Å². The molecule has 0 bridgehead atoms. The van der Waals surface area contributed by atoms with Gasteiger partial charge in [-0.1, -0.05) is 89.9 Å². The van der Waals surface area contributed by atoms with E-state index in [4.69, 9.17) is 5.11 Å². The van der Waals surface area contributed by atoms with E-state index >= 15 is 0 Å². The topological polar surface area (TPSA) is 153 Å². The molecule has 1 heterocycles. The van der Waals surface area contributed by atoms with Crippen molar-refractivity contribution in [3.63, 3.8) is 0 Å².